The normalized spacial score (nSPS) is 10.8. The van der Waals surface area contributed by atoms with Crippen molar-refractivity contribution in [1.82, 2.24) is 10.2 Å². The van der Waals surface area contributed by atoms with Crippen molar-refractivity contribution in [1.29, 1.82) is 0 Å². The molecular weight excluding hydrogens is 232 g/mol. The standard InChI is InChI=1S/C12H14N4O2/c1-7(2)10-11(14-15-12(10)13)8-3-5-9(6-4-8)16(17)18/h3-7H,1-2H3,(H3,13,14,15). The Morgan fingerprint density at radius 1 is 1.33 bits per heavy atom. The second-order valence-electron chi connectivity index (χ2n) is 4.36. The molecule has 0 aliphatic heterocycles. The molecular formula is C12H14N4O2. The Bertz CT molecular complexity index is 572. The van der Waals surface area contributed by atoms with Crippen LogP contribution in [0.15, 0.2) is 24.3 Å². The lowest BCUT2D eigenvalue weighted by Crippen LogP contribution is -1.95. The van der Waals surface area contributed by atoms with Crippen LogP contribution in [-0.4, -0.2) is 15.1 Å². The van der Waals surface area contributed by atoms with Crippen molar-refractivity contribution >= 4 is 11.5 Å². The zero-order valence-corrected chi connectivity index (χ0v) is 10.2. The van der Waals surface area contributed by atoms with Crippen LogP contribution >= 0.6 is 0 Å². The molecule has 2 aromatic rings. The number of benzene rings is 1. The van der Waals surface area contributed by atoms with E-state index in [0.717, 1.165) is 16.8 Å². The third kappa shape index (κ3) is 2.04. The quantitative estimate of drug-likeness (QED) is 0.642. The lowest BCUT2D eigenvalue weighted by Gasteiger charge is -2.07. The molecule has 6 nitrogen and oxygen atoms in total. The minimum absolute atomic E-state index is 0.0670. The maximum atomic E-state index is 10.6. The van der Waals surface area contributed by atoms with E-state index in [-0.39, 0.29) is 11.6 Å². The maximum absolute atomic E-state index is 10.6. The van der Waals surface area contributed by atoms with E-state index in [1.165, 1.54) is 12.1 Å². The molecule has 1 aromatic carbocycles. The van der Waals surface area contributed by atoms with Crippen LogP contribution in [0.25, 0.3) is 11.3 Å². The number of nitrogens with two attached hydrogens (primary N) is 1. The summed E-state index contributed by atoms with van der Waals surface area (Å²) >= 11 is 0. The molecule has 0 unspecified atom stereocenters. The largest absolute Gasteiger partial charge is 0.382 e. The van der Waals surface area contributed by atoms with Gasteiger partial charge in [-0.1, -0.05) is 13.8 Å². The molecule has 0 fully saturated rings. The number of hydrogen-bond acceptors (Lipinski definition) is 4. The Kier molecular flexibility index (Phi) is 3.01. The van der Waals surface area contributed by atoms with E-state index in [1.54, 1.807) is 12.1 Å². The van der Waals surface area contributed by atoms with Gasteiger partial charge < -0.3 is 5.73 Å². The van der Waals surface area contributed by atoms with Crippen LogP contribution < -0.4 is 5.73 Å². The Balaban J connectivity index is 2.46. The average molecular weight is 246 g/mol. The number of nitrogens with zero attached hydrogens (tertiary/aromatic N) is 2. The molecule has 0 radical (unpaired) electrons. The van der Waals surface area contributed by atoms with Gasteiger partial charge in [-0.05, 0) is 18.1 Å². The summed E-state index contributed by atoms with van der Waals surface area (Å²) in [5.41, 5.74) is 8.47. The number of nitro groups is 1. The van der Waals surface area contributed by atoms with Gasteiger partial charge >= 0.3 is 0 Å². The van der Waals surface area contributed by atoms with E-state index in [2.05, 4.69) is 10.2 Å². The fourth-order valence-corrected chi connectivity index (χ4v) is 1.92. The summed E-state index contributed by atoms with van der Waals surface area (Å²) in [6.07, 6.45) is 0. The third-order valence-corrected chi connectivity index (χ3v) is 2.78. The van der Waals surface area contributed by atoms with E-state index >= 15 is 0 Å². The molecule has 1 aromatic heterocycles. The molecule has 18 heavy (non-hydrogen) atoms. The first-order chi connectivity index (χ1) is 8.50. The number of aromatic amines is 1. The molecule has 0 atom stereocenters. The van der Waals surface area contributed by atoms with Crippen molar-refractivity contribution in [2.45, 2.75) is 19.8 Å². The number of rotatable bonds is 3. The maximum Gasteiger partial charge on any atom is 0.269 e. The molecule has 0 saturated carbocycles. The van der Waals surface area contributed by atoms with E-state index in [4.69, 9.17) is 5.73 Å². The minimum Gasteiger partial charge on any atom is -0.382 e. The number of anilines is 1. The van der Waals surface area contributed by atoms with Gasteiger partial charge in [0.25, 0.3) is 5.69 Å². The third-order valence-electron chi connectivity index (χ3n) is 2.78. The molecule has 0 saturated heterocycles. The monoisotopic (exact) mass is 246 g/mol. The number of nitrogen functional groups attached to an aromatic ring is 1. The Hall–Kier alpha value is -2.37. The number of nitro benzene ring substituents is 1. The molecule has 0 amide bonds. The minimum atomic E-state index is -0.422. The fourth-order valence-electron chi connectivity index (χ4n) is 1.92. The summed E-state index contributed by atoms with van der Waals surface area (Å²) in [6.45, 7) is 4.05. The fraction of sp³-hybridized carbons (Fsp3) is 0.250. The zero-order valence-electron chi connectivity index (χ0n) is 10.2. The smallest absolute Gasteiger partial charge is 0.269 e. The molecule has 0 spiro atoms. The SMILES string of the molecule is CC(C)c1c(N)n[nH]c1-c1ccc([N+](=O)[O-])cc1. The second-order valence-corrected chi connectivity index (χ2v) is 4.36. The zero-order chi connectivity index (χ0) is 13.3. The van der Waals surface area contributed by atoms with Crippen LogP contribution in [0.3, 0.4) is 0 Å². The van der Waals surface area contributed by atoms with Gasteiger partial charge in [0.2, 0.25) is 0 Å². The van der Waals surface area contributed by atoms with Gasteiger partial charge in [-0.3, -0.25) is 15.2 Å². The molecule has 0 aliphatic carbocycles. The highest BCUT2D eigenvalue weighted by atomic mass is 16.6. The van der Waals surface area contributed by atoms with Crippen LogP contribution in [0.2, 0.25) is 0 Å². The van der Waals surface area contributed by atoms with Crippen molar-refractivity contribution < 1.29 is 4.92 Å². The van der Waals surface area contributed by atoms with Crippen LogP contribution in [-0.2, 0) is 0 Å². The molecule has 1 heterocycles. The van der Waals surface area contributed by atoms with E-state index < -0.39 is 4.92 Å². The number of hydrogen-bond donors (Lipinski definition) is 2. The molecule has 2 rings (SSSR count). The van der Waals surface area contributed by atoms with Gasteiger partial charge in [0.05, 0.1) is 10.6 Å². The van der Waals surface area contributed by atoms with E-state index in [9.17, 15) is 10.1 Å². The summed E-state index contributed by atoms with van der Waals surface area (Å²) in [6, 6.07) is 6.32. The topological polar surface area (TPSA) is 97.8 Å². The van der Waals surface area contributed by atoms with Crippen molar-refractivity contribution in [3.8, 4) is 11.3 Å². The molecule has 0 bridgehead atoms. The summed E-state index contributed by atoms with van der Waals surface area (Å²) in [5, 5.41) is 17.5. The summed E-state index contributed by atoms with van der Waals surface area (Å²) in [5.74, 6) is 0.701. The van der Waals surface area contributed by atoms with Crippen molar-refractivity contribution in [2.24, 2.45) is 0 Å². The Morgan fingerprint density at radius 2 is 1.94 bits per heavy atom. The lowest BCUT2D eigenvalue weighted by atomic mass is 9.98. The number of aromatic nitrogens is 2. The van der Waals surface area contributed by atoms with Crippen LogP contribution in [0.1, 0.15) is 25.3 Å². The average Bonchev–Trinajstić information content (AvgIpc) is 2.71. The number of nitrogens with one attached hydrogen (secondary N) is 1. The molecule has 0 aliphatic rings. The first-order valence-electron chi connectivity index (χ1n) is 5.59. The van der Waals surface area contributed by atoms with Gasteiger partial charge in [0.15, 0.2) is 0 Å². The first kappa shape index (κ1) is 12.1. The Morgan fingerprint density at radius 3 is 2.44 bits per heavy atom. The van der Waals surface area contributed by atoms with Crippen LogP contribution in [0.5, 0.6) is 0 Å². The highest BCUT2D eigenvalue weighted by molar-refractivity contribution is 5.69. The molecule has 94 valence electrons. The predicted octanol–water partition coefficient (Wildman–Crippen LogP) is 2.69. The molecule has 3 N–H and O–H groups in total. The predicted molar refractivity (Wildman–Crippen MR) is 69.2 cm³/mol. The van der Waals surface area contributed by atoms with E-state index in [0.29, 0.717) is 5.82 Å². The highest BCUT2D eigenvalue weighted by Crippen LogP contribution is 2.31. The van der Waals surface area contributed by atoms with Crippen molar-refractivity contribution in [2.75, 3.05) is 5.73 Å². The first-order valence-corrected chi connectivity index (χ1v) is 5.59. The van der Waals surface area contributed by atoms with Gasteiger partial charge in [-0.15, -0.1) is 0 Å². The van der Waals surface area contributed by atoms with Gasteiger partial charge in [0.1, 0.15) is 5.82 Å². The Labute approximate surface area is 104 Å². The lowest BCUT2D eigenvalue weighted by molar-refractivity contribution is -0.384. The second kappa shape index (κ2) is 4.48. The number of non-ortho nitro benzene ring substituents is 1. The highest BCUT2D eigenvalue weighted by Gasteiger charge is 2.16. The van der Waals surface area contributed by atoms with Gasteiger partial charge in [0, 0.05) is 23.3 Å². The van der Waals surface area contributed by atoms with Gasteiger partial charge in [-0.25, -0.2) is 0 Å². The van der Waals surface area contributed by atoms with Crippen molar-refractivity contribution in [3.05, 3.63) is 39.9 Å². The number of H-pyrrole nitrogens is 1. The van der Waals surface area contributed by atoms with E-state index in [1.807, 2.05) is 13.8 Å². The summed E-state index contributed by atoms with van der Waals surface area (Å²) in [7, 11) is 0. The summed E-state index contributed by atoms with van der Waals surface area (Å²) < 4.78 is 0. The van der Waals surface area contributed by atoms with Crippen LogP contribution in [0, 0.1) is 10.1 Å². The summed E-state index contributed by atoms with van der Waals surface area (Å²) in [4.78, 5) is 10.2. The van der Waals surface area contributed by atoms with Gasteiger partial charge in [-0.2, -0.15) is 5.10 Å². The van der Waals surface area contributed by atoms with Crippen molar-refractivity contribution in [3.63, 3.8) is 0 Å². The van der Waals surface area contributed by atoms with Crippen LogP contribution in [0.4, 0.5) is 11.5 Å². The molecule has 6 heteroatoms.